The van der Waals surface area contributed by atoms with Crippen molar-refractivity contribution in [3.05, 3.63) is 279 Å². The van der Waals surface area contributed by atoms with E-state index < -0.39 is 0 Å². The molecule has 3 heteroatoms. The first-order chi connectivity index (χ1) is 33.2. The van der Waals surface area contributed by atoms with Crippen molar-refractivity contribution < 1.29 is 4.42 Å². The topological polar surface area (TPSA) is 19.6 Å². The molecule has 0 amide bonds. The van der Waals surface area contributed by atoms with Gasteiger partial charge in [0.1, 0.15) is 11.5 Å². The molecule has 0 radical (unpaired) electrons. The highest BCUT2D eigenvalue weighted by molar-refractivity contribution is 5.83. The SMILES string of the molecule is c1ccc(-c2ccc(N(c3ccc(-c4ccccc4)cc3)c3ccc(-c4ccc(N(c5ccc(-c6ccccc6)cc5)c5ccc(-c6ccc(-c7ccccc7)o6)cc5)cc4)cc3)cc2)cc1. The zero-order chi connectivity index (χ0) is 44.8. The first-order valence-electron chi connectivity index (χ1n) is 22.7. The van der Waals surface area contributed by atoms with Gasteiger partial charge in [-0.1, -0.05) is 182 Å². The van der Waals surface area contributed by atoms with Crippen LogP contribution in [0.5, 0.6) is 0 Å². The van der Waals surface area contributed by atoms with E-state index in [9.17, 15) is 0 Å². The summed E-state index contributed by atoms with van der Waals surface area (Å²) in [6.07, 6.45) is 0. The third-order valence-electron chi connectivity index (χ3n) is 12.4. The predicted octanol–water partition coefficient (Wildman–Crippen LogP) is 18.2. The molecule has 1 aromatic heterocycles. The lowest BCUT2D eigenvalue weighted by atomic mass is 10.0. The summed E-state index contributed by atoms with van der Waals surface area (Å²) in [5, 5.41) is 0. The van der Waals surface area contributed by atoms with Gasteiger partial charge in [0.15, 0.2) is 0 Å². The summed E-state index contributed by atoms with van der Waals surface area (Å²) in [4.78, 5) is 4.64. The molecule has 0 atom stereocenters. The number of nitrogens with zero attached hydrogens (tertiary/aromatic N) is 2. The molecule has 3 nitrogen and oxygen atoms in total. The fraction of sp³-hybridized carbons (Fsp3) is 0. The minimum absolute atomic E-state index is 0.838. The molecule has 11 aromatic rings. The summed E-state index contributed by atoms with van der Waals surface area (Å²) in [6.45, 7) is 0. The van der Waals surface area contributed by atoms with Gasteiger partial charge in [-0.05, 0) is 142 Å². The number of hydrogen-bond acceptors (Lipinski definition) is 3. The van der Waals surface area contributed by atoms with Crippen LogP contribution in [0, 0.1) is 0 Å². The highest BCUT2D eigenvalue weighted by atomic mass is 16.3. The minimum atomic E-state index is 0.838. The molecule has 0 saturated heterocycles. The molecule has 0 fully saturated rings. The van der Waals surface area contributed by atoms with E-state index in [1.165, 1.54) is 33.4 Å². The highest BCUT2D eigenvalue weighted by Gasteiger charge is 2.17. The largest absolute Gasteiger partial charge is 0.456 e. The molecule has 1 heterocycles. The van der Waals surface area contributed by atoms with Crippen molar-refractivity contribution in [1.29, 1.82) is 0 Å². The van der Waals surface area contributed by atoms with Crippen molar-refractivity contribution in [2.45, 2.75) is 0 Å². The maximum Gasteiger partial charge on any atom is 0.134 e. The molecule has 318 valence electrons. The van der Waals surface area contributed by atoms with Gasteiger partial charge in [-0.2, -0.15) is 0 Å². The van der Waals surface area contributed by atoms with Crippen molar-refractivity contribution >= 4 is 34.1 Å². The number of hydrogen-bond donors (Lipinski definition) is 0. The normalized spacial score (nSPS) is 11.0. The van der Waals surface area contributed by atoms with E-state index in [1.54, 1.807) is 0 Å². The van der Waals surface area contributed by atoms with Gasteiger partial charge in [0.25, 0.3) is 0 Å². The lowest BCUT2D eigenvalue weighted by molar-refractivity contribution is 0.597. The Labute approximate surface area is 392 Å². The van der Waals surface area contributed by atoms with Gasteiger partial charge in [-0.15, -0.1) is 0 Å². The van der Waals surface area contributed by atoms with Gasteiger partial charge in [0.05, 0.1) is 0 Å². The Balaban J connectivity index is 0.896. The zero-order valence-electron chi connectivity index (χ0n) is 36.9. The number of rotatable bonds is 12. The molecule has 0 N–H and O–H groups in total. The third-order valence-corrected chi connectivity index (χ3v) is 12.4. The van der Waals surface area contributed by atoms with Crippen LogP contribution in [-0.4, -0.2) is 0 Å². The van der Waals surface area contributed by atoms with E-state index in [-0.39, 0.29) is 0 Å². The standard InChI is InChI=1S/C64H46N2O/c1-5-13-47(14-6-1)50-21-33-57(34-22-50)65(58-35-23-51(24-36-58)48-15-7-2-8-16-48)60-39-27-53(28-40-60)54-29-41-61(42-30-54)66(59-37-25-52(26-38-59)49-17-9-3-10-18-49)62-43-31-56(32-44-62)64-46-45-63(67-64)55-19-11-4-12-20-55/h1-46H. The Morgan fingerprint density at radius 2 is 0.343 bits per heavy atom. The Morgan fingerprint density at radius 1 is 0.164 bits per heavy atom. The predicted molar refractivity (Wildman–Crippen MR) is 281 cm³/mol. The Bertz CT molecular complexity index is 3230. The van der Waals surface area contributed by atoms with Gasteiger partial charge in [0, 0.05) is 45.3 Å². The van der Waals surface area contributed by atoms with Crippen LogP contribution < -0.4 is 9.80 Å². The van der Waals surface area contributed by atoms with E-state index in [4.69, 9.17) is 4.42 Å². The highest BCUT2D eigenvalue weighted by Crippen LogP contribution is 2.41. The zero-order valence-corrected chi connectivity index (χ0v) is 36.9. The second kappa shape index (κ2) is 18.7. The smallest absolute Gasteiger partial charge is 0.134 e. The van der Waals surface area contributed by atoms with Crippen LogP contribution in [0.1, 0.15) is 0 Å². The second-order valence-electron chi connectivity index (χ2n) is 16.6. The first kappa shape index (κ1) is 40.8. The molecule has 0 saturated carbocycles. The summed E-state index contributed by atoms with van der Waals surface area (Å²) in [5.41, 5.74) is 18.0. The molecular weight excluding hydrogens is 813 g/mol. The van der Waals surface area contributed by atoms with Crippen LogP contribution >= 0.6 is 0 Å². The summed E-state index contributed by atoms with van der Waals surface area (Å²) in [5.74, 6) is 1.69. The van der Waals surface area contributed by atoms with Crippen LogP contribution in [0.3, 0.4) is 0 Å². The molecule has 0 aliphatic heterocycles. The summed E-state index contributed by atoms with van der Waals surface area (Å²) >= 11 is 0. The van der Waals surface area contributed by atoms with Crippen molar-refractivity contribution in [1.82, 2.24) is 0 Å². The van der Waals surface area contributed by atoms with Crippen molar-refractivity contribution in [3.63, 3.8) is 0 Å². The molecular formula is C64H46N2O. The molecule has 0 spiro atoms. The Morgan fingerprint density at radius 3 is 0.582 bits per heavy atom. The van der Waals surface area contributed by atoms with Crippen LogP contribution in [0.2, 0.25) is 0 Å². The van der Waals surface area contributed by atoms with Gasteiger partial charge < -0.3 is 14.2 Å². The van der Waals surface area contributed by atoms with E-state index >= 15 is 0 Å². The van der Waals surface area contributed by atoms with Gasteiger partial charge in [0.2, 0.25) is 0 Å². The fourth-order valence-corrected chi connectivity index (χ4v) is 8.83. The number of furan rings is 1. The third kappa shape index (κ3) is 8.83. The monoisotopic (exact) mass is 858 g/mol. The van der Waals surface area contributed by atoms with Gasteiger partial charge in [-0.25, -0.2) is 0 Å². The maximum atomic E-state index is 6.32. The quantitative estimate of drug-likeness (QED) is 0.122. The summed E-state index contributed by atoms with van der Waals surface area (Å²) in [6, 6.07) is 98.9. The van der Waals surface area contributed by atoms with E-state index in [2.05, 4.69) is 259 Å². The average molecular weight is 859 g/mol. The summed E-state index contributed by atoms with van der Waals surface area (Å²) < 4.78 is 6.32. The van der Waals surface area contributed by atoms with Crippen molar-refractivity contribution in [3.8, 4) is 67.2 Å². The number of anilines is 6. The molecule has 0 bridgehead atoms. The van der Waals surface area contributed by atoms with E-state index in [1.807, 2.05) is 30.3 Å². The molecule has 0 aliphatic carbocycles. The van der Waals surface area contributed by atoms with Crippen molar-refractivity contribution in [2.75, 3.05) is 9.80 Å². The van der Waals surface area contributed by atoms with Crippen LogP contribution in [0.25, 0.3) is 67.2 Å². The average Bonchev–Trinajstić information content (AvgIpc) is 3.92. The minimum Gasteiger partial charge on any atom is -0.456 e. The maximum absolute atomic E-state index is 6.32. The summed E-state index contributed by atoms with van der Waals surface area (Å²) in [7, 11) is 0. The Hall–Kier alpha value is -8.92. The van der Waals surface area contributed by atoms with Crippen LogP contribution in [0.15, 0.2) is 283 Å². The Kier molecular flexibility index (Phi) is 11.4. The molecule has 10 aromatic carbocycles. The van der Waals surface area contributed by atoms with E-state index in [0.717, 1.165) is 67.9 Å². The lowest BCUT2D eigenvalue weighted by Gasteiger charge is -2.27. The molecule has 0 unspecified atom stereocenters. The fourth-order valence-electron chi connectivity index (χ4n) is 8.83. The van der Waals surface area contributed by atoms with Gasteiger partial charge in [-0.3, -0.25) is 0 Å². The van der Waals surface area contributed by atoms with Crippen LogP contribution in [0.4, 0.5) is 34.1 Å². The van der Waals surface area contributed by atoms with E-state index in [0.29, 0.717) is 0 Å². The van der Waals surface area contributed by atoms with Gasteiger partial charge >= 0.3 is 0 Å². The molecule has 0 aliphatic rings. The van der Waals surface area contributed by atoms with Crippen molar-refractivity contribution in [2.24, 2.45) is 0 Å². The van der Waals surface area contributed by atoms with Crippen LogP contribution in [-0.2, 0) is 0 Å². The molecule has 11 rings (SSSR count). The number of benzene rings is 10. The molecule has 67 heavy (non-hydrogen) atoms. The first-order valence-corrected chi connectivity index (χ1v) is 22.7. The lowest BCUT2D eigenvalue weighted by Crippen LogP contribution is -2.10. The second-order valence-corrected chi connectivity index (χ2v) is 16.6.